The van der Waals surface area contributed by atoms with E-state index in [0.717, 1.165) is 24.0 Å². The molecule has 0 fully saturated rings. The van der Waals surface area contributed by atoms with E-state index in [9.17, 15) is 14.0 Å². The molecular formula is C24H30ClFN2O3. The predicted molar refractivity (Wildman–Crippen MR) is 121 cm³/mol. The molecule has 2 aromatic carbocycles. The Labute approximate surface area is 188 Å². The third-order valence-electron chi connectivity index (χ3n) is 4.97. The molecule has 0 bridgehead atoms. The molecule has 2 rings (SSSR count). The molecule has 2 amide bonds. The third-order valence-corrected chi connectivity index (χ3v) is 5.40. The molecule has 5 nitrogen and oxygen atoms in total. The molecule has 31 heavy (non-hydrogen) atoms. The van der Waals surface area contributed by atoms with Crippen LogP contribution in [0.1, 0.15) is 44.2 Å². The molecule has 0 radical (unpaired) electrons. The maximum Gasteiger partial charge on any atom is 0.261 e. The first-order chi connectivity index (χ1) is 14.8. The van der Waals surface area contributed by atoms with Crippen LogP contribution < -0.4 is 10.1 Å². The van der Waals surface area contributed by atoms with E-state index in [1.807, 2.05) is 20.8 Å². The first-order valence-corrected chi connectivity index (χ1v) is 10.9. The number of hydrogen-bond acceptors (Lipinski definition) is 3. The average molecular weight is 449 g/mol. The minimum atomic E-state index is -0.648. The summed E-state index contributed by atoms with van der Waals surface area (Å²) in [5.74, 6) is -0.354. The van der Waals surface area contributed by atoms with Crippen molar-refractivity contribution in [1.29, 1.82) is 0 Å². The van der Waals surface area contributed by atoms with E-state index in [0.29, 0.717) is 23.7 Å². The summed E-state index contributed by atoms with van der Waals surface area (Å²) >= 11 is 6.04. The lowest BCUT2D eigenvalue weighted by Gasteiger charge is -2.30. The minimum Gasteiger partial charge on any atom is -0.484 e. The molecular weight excluding hydrogens is 419 g/mol. The van der Waals surface area contributed by atoms with Gasteiger partial charge in [-0.25, -0.2) is 4.39 Å². The van der Waals surface area contributed by atoms with Crippen molar-refractivity contribution < 1.29 is 18.7 Å². The second kappa shape index (κ2) is 12.3. The van der Waals surface area contributed by atoms with Crippen molar-refractivity contribution in [3.05, 3.63) is 64.4 Å². The number of unbranched alkanes of at least 4 members (excludes halogenated alkanes) is 1. The molecule has 0 aliphatic carbocycles. The van der Waals surface area contributed by atoms with Crippen LogP contribution in [0.25, 0.3) is 0 Å². The maximum atomic E-state index is 13.3. The van der Waals surface area contributed by atoms with Gasteiger partial charge in [-0.3, -0.25) is 9.59 Å². The van der Waals surface area contributed by atoms with Crippen molar-refractivity contribution in [3.63, 3.8) is 0 Å². The van der Waals surface area contributed by atoms with Crippen LogP contribution in [0.2, 0.25) is 5.02 Å². The van der Waals surface area contributed by atoms with Crippen molar-refractivity contribution in [2.45, 2.75) is 52.6 Å². The van der Waals surface area contributed by atoms with Crippen LogP contribution >= 0.6 is 11.6 Å². The average Bonchev–Trinajstić information content (AvgIpc) is 2.75. The molecule has 2 aromatic rings. The quantitative estimate of drug-likeness (QED) is 0.498. The van der Waals surface area contributed by atoms with E-state index < -0.39 is 6.04 Å². The second-order valence-electron chi connectivity index (χ2n) is 7.42. The summed E-state index contributed by atoms with van der Waals surface area (Å²) in [6.07, 6.45) is 2.28. The molecule has 0 spiro atoms. The summed E-state index contributed by atoms with van der Waals surface area (Å²) in [5, 5.41) is 3.52. The number of amides is 2. The summed E-state index contributed by atoms with van der Waals surface area (Å²) in [6, 6.07) is 10.4. The summed E-state index contributed by atoms with van der Waals surface area (Å²) in [5.41, 5.74) is 1.58. The number of carbonyl (C=O) groups is 2. The van der Waals surface area contributed by atoms with E-state index in [1.54, 1.807) is 30.3 Å². The zero-order valence-corrected chi connectivity index (χ0v) is 19.0. The highest BCUT2D eigenvalue weighted by molar-refractivity contribution is 6.31. The highest BCUT2D eigenvalue weighted by Crippen LogP contribution is 2.21. The number of nitrogens with one attached hydrogen (secondary N) is 1. The highest BCUT2D eigenvalue weighted by Gasteiger charge is 2.28. The Kier molecular flexibility index (Phi) is 9.79. The van der Waals surface area contributed by atoms with E-state index >= 15 is 0 Å². The molecule has 1 unspecified atom stereocenters. The van der Waals surface area contributed by atoms with Gasteiger partial charge in [-0.2, -0.15) is 0 Å². The summed E-state index contributed by atoms with van der Waals surface area (Å²) in [4.78, 5) is 27.4. The number of carbonyl (C=O) groups excluding carboxylic acids is 2. The molecule has 1 atom stereocenters. The van der Waals surface area contributed by atoms with Gasteiger partial charge < -0.3 is 15.0 Å². The normalized spacial score (nSPS) is 11.6. The van der Waals surface area contributed by atoms with Gasteiger partial charge in [0.05, 0.1) is 0 Å². The van der Waals surface area contributed by atoms with Gasteiger partial charge in [0.1, 0.15) is 17.6 Å². The standard InChI is InChI=1S/C24H30ClFN2O3/c1-4-6-13-27-24(30)22(5-2)28(15-18-7-9-19(26)10-8-18)23(29)16-31-20-11-12-21(25)17(3)14-20/h7-12,14,22H,4-6,13,15-16H2,1-3H3,(H,27,30). The summed E-state index contributed by atoms with van der Waals surface area (Å²) in [6.45, 7) is 6.28. The number of benzene rings is 2. The Bertz CT molecular complexity index is 874. The molecule has 0 aliphatic heterocycles. The Morgan fingerprint density at radius 1 is 1.16 bits per heavy atom. The van der Waals surface area contributed by atoms with Crippen molar-refractivity contribution in [2.75, 3.05) is 13.2 Å². The van der Waals surface area contributed by atoms with Crippen LogP contribution in [0.5, 0.6) is 5.75 Å². The number of nitrogens with zero attached hydrogens (tertiary/aromatic N) is 1. The molecule has 7 heteroatoms. The van der Waals surface area contributed by atoms with Gasteiger partial charge in [0, 0.05) is 18.1 Å². The first-order valence-electron chi connectivity index (χ1n) is 10.6. The van der Waals surface area contributed by atoms with Crippen molar-refractivity contribution >= 4 is 23.4 Å². The number of ether oxygens (including phenoxy) is 1. The second-order valence-corrected chi connectivity index (χ2v) is 7.82. The fourth-order valence-electron chi connectivity index (χ4n) is 3.15. The van der Waals surface area contributed by atoms with Gasteiger partial charge in [0.15, 0.2) is 6.61 Å². The van der Waals surface area contributed by atoms with Gasteiger partial charge in [0.2, 0.25) is 5.91 Å². The minimum absolute atomic E-state index is 0.182. The van der Waals surface area contributed by atoms with Gasteiger partial charge in [-0.15, -0.1) is 0 Å². The SMILES string of the molecule is CCCCNC(=O)C(CC)N(Cc1ccc(F)cc1)C(=O)COc1ccc(Cl)c(C)c1. The lowest BCUT2D eigenvalue weighted by Crippen LogP contribution is -2.50. The zero-order valence-electron chi connectivity index (χ0n) is 18.3. The Morgan fingerprint density at radius 2 is 1.87 bits per heavy atom. The predicted octanol–water partition coefficient (Wildman–Crippen LogP) is 4.89. The summed E-state index contributed by atoms with van der Waals surface area (Å²) in [7, 11) is 0. The fourth-order valence-corrected chi connectivity index (χ4v) is 3.26. The topological polar surface area (TPSA) is 58.6 Å². The van der Waals surface area contributed by atoms with Crippen LogP contribution in [-0.2, 0) is 16.1 Å². The maximum absolute atomic E-state index is 13.3. The van der Waals surface area contributed by atoms with E-state index in [1.165, 1.54) is 17.0 Å². The Balaban J connectivity index is 2.17. The first kappa shape index (κ1) is 24.7. The Hall–Kier alpha value is -2.60. The zero-order chi connectivity index (χ0) is 22.8. The van der Waals surface area contributed by atoms with Crippen molar-refractivity contribution in [1.82, 2.24) is 10.2 Å². The molecule has 0 aromatic heterocycles. The van der Waals surface area contributed by atoms with E-state index in [-0.39, 0.29) is 30.8 Å². The molecule has 0 saturated carbocycles. The largest absolute Gasteiger partial charge is 0.484 e. The van der Waals surface area contributed by atoms with Crippen LogP contribution in [0, 0.1) is 12.7 Å². The van der Waals surface area contributed by atoms with Crippen LogP contribution in [0.15, 0.2) is 42.5 Å². The van der Waals surface area contributed by atoms with Crippen molar-refractivity contribution in [2.24, 2.45) is 0 Å². The van der Waals surface area contributed by atoms with Crippen LogP contribution in [0.4, 0.5) is 4.39 Å². The van der Waals surface area contributed by atoms with Gasteiger partial charge in [-0.1, -0.05) is 44.0 Å². The lowest BCUT2D eigenvalue weighted by molar-refractivity contribution is -0.143. The summed E-state index contributed by atoms with van der Waals surface area (Å²) < 4.78 is 19.0. The number of hydrogen-bond donors (Lipinski definition) is 1. The fraction of sp³-hybridized carbons (Fsp3) is 0.417. The third kappa shape index (κ3) is 7.55. The van der Waals surface area contributed by atoms with Gasteiger partial charge in [-0.05, 0) is 61.2 Å². The number of halogens is 2. The molecule has 0 saturated heterocycles. The number of aryl methyl sites for hydroxylation is 1. The van der Waals surface area contributed by atoms with Gasteiger partial charge in [0.25, 0.3) is 5.91 Å². The molecule has 0 heterocycles. The van der Waals surface area contributed by atoms with Crippen molar-refractivity contribution in [3.8, 4) is 5.75 Å². The molecule has 168 valence electrons. The van der Waals surface area contributed by atoms with E-state index in [4.69, 9.17) is 16.3 Å². The van der Waals surface area contributed by atoms with E-state index in [2.05, 4.69) is 5.32 Å². The lowest BCUT2D eigenvalue weighted by atomic mass is 10.1. The molecule has 0 aliphatic rings. The smallest absolute Gasteiger partial charge is 0.261 e. The highest BCUT2D eigenvalue weighted by atomic mass is 35.5. The Morgan fingerprint density at radius 3 is 2.48 bits per heavy atom. The molecule has 1 N–H and O–H groups in total. The number of rotatable bonds is 11. The van der Waals surface area contributed by atoms with Crippen LogP contribution in [-0.4, -0.2) is 35.9 Å². The van der Waals surface area contributed by atoms with Gasteiger partial charge >= 0.3 is 0 Å². The monoisotopic (exact) mass is 448 g/mol. The van der Waals surface area contributed by atoms with Crippen LogP contribution in [0.3, 0.4) is 0 Å².